The van der Waals surface area contributed by atoms with Crippen LogP contribution in [0.25, 0.3) is 0 Å². The molecule has 0 bridgehead atoms. The van der Waals surface area contributed by atoms with Gasteiger partial charge in [0.05, 0.1) is 6.10 Å². The van der Waals surface area contributed by atoms with E-state index in [-0.39, 0.29) is 17.1 Å². The first-order valence-electron chi connectivity index (χ1n) is 9.62. The van der Waals surface area contributed by atoms with Gasteiger partial charge in [0.15, 0.2) is 8.32 Å². The fraction of sp³-hybridized carbons (Fsp3) is 0.800. The average Bonchev–Trinajstić information content (AvgIpc) is 2.41. The monoisotopic (exact) mass is 399 g/mol. The van der Waals surface area contributed by atoms with Gasteiger partial charge in [-0.15, -0.1) is 0 Å². The van der Waals surface area contributed by atoms with Crippen LogP contribution in [-0.4, -0.2) is 43.2 Å². The second-order valence-corrected chi connectivity index (χ2v) is 14.7. The molecule has 0 saturated carbocycles. The summed E-state index contributed by atoms with van der Waals surface area (Å²) < 4.78 is 11.7. The van der Waals surface area contributed by atoms with Gasteiger partial charge in [-0.25, -0.2) is 9.59 Å². The quantitative estimate of drug-likeness (QED) is 0.516. The number of hydrogen-bond donors (Lipinski definition) is 2. The minimum Gasteiger partial charge on any atom is -0.480 e. The van der Waals surface area contributed by atoms with E-state index in [1.807, 2.05) is 13.0 Å². The Morgan fingerprint density at radius 3 is 2.15 bits per heavy atom. The summed E-state index contributed by atoms with van der Waals surface area (Å²) in [7, 11) is -1.90. The fourth-order valence-electron chi connectivity index (χ4n) is 2.92. The Morgan fingerprint density at radius 2 is 1.74 bits per heavy atom. The fourth-order valence-corrected chi connectivity index (χ4v) is 4.21. The minimum atomic E-state index is -1.90. The highest BCUT2D eigenvalue weighted by Crippen LogP contribution is 2.39. The molecule has 0 fully saturated rings. The molecule has 27 heavy (non-hydrogen) atoms. The molecule has 0 saturated heterocycles. The van der Waals surface area contributed by atoms with Crippen LogP contribution >= 0.6 is 0 Å². The normalized spacial score (nSPS) is 22.6. The SMILES string of the molecule is CC1=C[C@@H](O[Si](C)(C)C(C)(C)C)CC[C@H]1[C@H](NC(=O)OC(C)(C)C)C(=O)O. The van der Waals surface area contributed by atoms with Crippen molar-refractivity contribution in [1.82, 2.24) is 5.32 Å². The second kappa shape index (κ2) is 8.35. The Labute approximate surface area is 164 Å². The van der Waals surface area contributed by atoms with Crippen molar-refractivity contribution in [2.75, 3.05) is 0 Å². The standard InChI is InChI=1S/C20H37NO5Si/c1-13-12-14(26-27(8,9)20(5,6)7)10-11-15(13)16(17(22)23)21-18(24)25-19(2,3)4/h12,14-16H,10-11H2,1-9H3,(H,21,24)(H,22,23)/t14-,15+,16-/m0/s1. The lowest BCUT2D eigenvalue weighted by molar-refractivity contribution is -0.140. The average molecular weight is 400 g/mol. The first-order valence-corrected chi connectivity index (χ1v) is 12.5. The summed E-state index contributed by atoms with van der Waals surface area (Å²) in [6.45, 7) is 18.2. The van der Waals surface area contributed by atoms with Gasteiger partial charge in [0, 0.05) is 5.92 Å². The molecule has 0 unspecified atom stereocenters. The maximum absolute atomic E-state index is 12.0. The molecule has 7 heteroatoms. The van der Waals surface area contributed by atoms with E-state index >= 15 is 0 Å². The van der Waals surface area contributed by atoms with Crippen molar-refractivity contribution >= 4 is 20.4 Å². The molecule has 0 radical (unpaired) electrons. The predicted molar refractivity (Wildman–Crippen MR) is 109 cm³/mol. The number of carboxylic acid groups (broad SMARTS) is 1. The molecule has 1 aliphatic carbocycles. The Morgan fingerprint density at radius 1 is 1.19 bits per heavy atom. The second-order valence-electron chi connectivity index (χ2n) is 9.97. The van der Waals surface area contributed by atoms with E-state index in [0.717, 1.165) is 12.0 Å². The highest BCUT2D eigenvalue weighted by atomic mass is 28.4. The van der Waals surface area contributed by atoms with Gasteiger partial charge >= 0.3 is 12.1 Å². The number of amides is 1. The van der Waals surface area contributed by atoms with Crippen LogP contribution in [-0.2, 0) is 14.0 Å². The van der Waals surface area contributed by atoms with Gasteiger partial charge in [-0.05, 0) is 58.7 Å². The van der Waals surface area contributed by atoms with E-state index < -0.39 is 32.0 Å². The molecule has 0 heterocycles. The van der Waals surface area contributed by atoms with E-state index in [9.17, 15) is 14.7 Å². The lowest BCUT2D eigenvalue weighted by atomic mass is 9.82. The van der Waals surface area contributed by atoms with Crippen molar-refractivity contribution in [3.8, 4) is 0 Å². The third-order valence-electron chi connectivity index (χ3n) is 5.39. The van der Waals surface area contributed by atoms with Gasteiger partial charge in [-0.1, -0.05) is 32.4 Å². The van der Waals surface area contributed by atoms with Crippen molar-refractivity contribution < 1.29 is 23.9 Å². The van der Waals surface area contributed by atoms with Gasteiger partial charge in [0.1, 0.15) is 11.6 Å². The van der Waals surface area contributed by atoms with Crippen molar-refractivity contribution in [3.05, 3.63) is 11.6 Å². The first kappa shape index (κ1) is 23.7. The van der Waals surface area contributed by atoms with Crippen molar-refractivity contribution in [3.63, 3.8) is 0 Å². The number of carbonyl (C=O) groups excluding carboxylic acids is 1. The van der Waals surface area contributed by atoms with E-state index in [2.05, 4.69) is 39.2 Å². The number of ether oxygens (including phenoxy) is 1. The number of nitrogens with one attached hydrogen (secondary N) is 1. The molecular formula is C20H37NO5Si. The van der Waals surface area contributed by atoms with Crippen molar-refractivity contribution in [2.45, 2.75) is 97.2 Å². The summed E-state index contributed by atoms with van der Waals surface area (Å²) in [5, 5.41) is 12.3. The van der Waals surface area contributed by atoms with Crippen LogP contribution in [0.1, 0.15) is 61.3 Å². The van der Waals surface area contributed by atoms with Gasteiger partial charge in [0.2, 0.25) is 0 Å². The number of carbonyl (C=O) groups is 2. The zero-order chi connectivity index (χ0) is 21.2. The lowest BCUT2D eigenvalue weighted by Gasteiger charge is -2.41. The third-order valence-corrected chi connectivity index (χ3v) is 9.89. The Hall–Kier alpha value is -1.34. The third kappa shape index (κ3) is 6.96. The lowest BCUT2D eigenvalue weighted by Crippen LogP contribution is -2.49. The zero-order valence-corrected chi connectivity index (χ0v) is 19.3. The molecular weight excluding hydrogens is 362 g/mol. The molecule has 0 aromatic heterocycles. The van der Waals surface area contributed by atoms with Crippen molar-refractivity contribution in [1.29, 1.82) is 0 Å². The first-order chi connectivity index (χ1) is 12.0. The number of alkyl carbamates (subject to hydrolysis) is 1. The molecule has 1 rings (SSSR count). The highest BCUT2D eigenvalue weighted by molar-refractivity contribution is 6.74. The summed E-state index contributed by atoms with van der Waals surface area (Å²) in [5.74, 6) is -1.32. The van der Waals surface area contributed by atoms with Gasteiger partial charge in [0.25, 0.3) is 0 Å². The maximum Gasteiger partial charge on any atom is 0.408 e. The molecule has 0 spiro atoms. The molecule has 1 aliphatic rings. The van der Waals surface area contributed by atoms with Crippen LogP contribution < -0.4 is 5.32 Å². The summed E-state index contributed by atoms with van der Waals surface area (Å²) in [4.78, 5) is 23.8. The summed E-state index contributed by atoms with van der Waals surface area (Å²) in [6, 6.07) is -1.01. The van der Waals surface area contributed by atoms with Crippen LogP contribution in [0, 0.1) is 5.92 Å². The Kier molecular flexibility index (Phi) is 7.33. The van der Waals surface area contributed by atoms with Gasteiger partial charge in [-0.2, -0.15) is 0 Å². The smallest absolute Gasteiger partial charge is 0.408 e. The molecule has 0 aromatic carbocycles. The summed E-state index contributed by atoms with van der Waals surface area (Å²) in [6.07, 6.45) is 2.71. The summed E-state index contributed by atoms with van der Waals surface area (Å²) in [5.41, 5.74) is 0.264. The number of hydrogen-bond acceptors (Lipinski definition) is 4. The van der Waals surface area contributed by atoms with E-state index in [0.29, 0.717) is 6.42 Å². The molecule has 1 amide bonds. The van der Waals surface area contributed by atoms with Crippen LogP contribution in [0.2, 0.25) is 18.1 Å². The van der Waals surface area contributed by atoms with Crippen LogP contribution in [0.15, 0.2) is 11.6 Å². The molecule has 156 valence electrons. The topological polar surface area (TPSA) is 84.9 Å². The predicted octanol–water partition coefficient (Wildman–Crippen LogP) is 4.71. The van der Waals surface area contributed by atoms with E-state index in [1.165, 1.54) is 0 Å². The zero-order valence-electron chi connectivity index (χ0n) is 18.3. The number of rotatable bonds is 5. The minimum absolute atomic E-state index is 0.00175. The molecule has 0 aliphatic heterocycles. The van der Waals surface area contributed by atoms with Crippen LogP contribution in [0.4, 0.5) is 4.79 Å². The van der Waals surface area contributed by atoms with Crippen LogP contribution in [0.5, 0.6) is 0 Å². The van der Waals surface area contributed by atoms with Gasteiger partial charge < -0.3 is 19.6 Å². The molecule has 2 N–H and O–H groups in total. The largest absolute Gasteiger partial charge is 0.480 e. The van der Waals surface area contributed by atoms with Gasteiger partial charge in [-0.3, -0.25) is 0 Å². The van der Waals surface area contributed by atoms with Crippen molar-refractivity contribution in [2.24, 2.45) is 5.92 Å². The van der Waals surface area contributed by atoms with E-state index in [4.69, 9.17) is 9.16 Å². The Bertz CT molecular complexity index is 586. The maximum atomic E-state index is 12.0. The Balaban J connectivity index is 2.88. The van der Waals surface area contributed by atoms with Crippen LogP contribution in [0.3, 0.4) is 0 Å². The molecule has 6 nitrogen and oxygen atoms in total. The molecule has 3 atom stereocenters. The number of carboxylic acids is 1. The van der Waals surface area contributed by atoms with E-state index in [1.54, 1.807) is 20.8 Å². The number of aliphatic carboxylic acids is 1. The molecule has 0 aromatic rings. The summed E-state index contributed by atoms with van der Waals surface area (Å²) >= 11 is 0. The highest BCUT2D eigenvalue weighted by Gasteiger charge is 2.41.